The zero-order valence-corrected chi connectivity index (χ0v) is 14.5. The molecule has 9 heteroatoms. The number of nitrogens with one attached hydrogen (secondary N) is 1. The first kappa shape index (κ1) is 18.4. The highest BCUT2D eigenvalue weighted by molar-refractivity contribution is 5.95. The average molecular weight is 378 g/mol. The van der Waals surface area contributed by atoms with Crippen LogP contribution in [-0.4, -0.2) is 38.9 Å². The summed E-state index contributed by atoms with van der Waals surface area (Å²) < 4.78 is 39.5. The Morgan fingerprint density at radius 2 is 1.74 bits per heavy atom. The van der Waals surface area contributed by atoms with Crippen LogP contribution in [-0.2, 0) is 9.53 Å². The van der Waals surface area contributed by atoms with Gasteiger partial charge in [-0.2, -0.15) is 0 Å². The molecule has 0 radical (unpaired) electrons. The highest BCUT2D eigenvalue weighted by Gasteiger charge is 2.43. The molecule has 0 saturated heterocycles. The molecule has 1 aliphatic heterocycles. The Labute approximate surface area is 153 Å². The molecule has 0 saturated carbocycles. The normalized spacial score (nSPS) is 13.8. The minimum absolute atomic E-state index is 0.134. The fourth-order valence-corrected chi connectivity index (χ4v) is 2.33. The number of alkyl halides is 2. The quantitative estimate of drug-likeness (QED) is 0.807. The second kappa shape index (κ2) is 7.10. The SMILES string of the molecule is CN(C)c1ccc(C(=O)OCC(=O)Nc2ccc3c(c2)OC(F)(F)O3)cc1. The molecule has 2 aromatic rings. The van der Waals surface area contributed by atoms with Gasteiger partial charge >= 0.3 is 12.3 Å². The van der Waals surface area contributed by atoms with Gasteiger partial charge in [-0.3, -0.25) is 4.79 Å². The zero-order chi connectivity index (χ0) is 19.6. The molecule has 142 valence electrons. The van der Waals surface area contributed by atoms with Gasteiger partial charge in [0, 0.05) is 31.5 Å². The van der Waals surface area contributed by atoms with Crippen molar-refractivity contribution in [1.29, 1.82) is 0 Å². The minimum Gasteiger partial charge on any atom is -0.452 e. The molecule has 7 nitrogen and oxygen atoms in total. The van der Waals surface area contributed by atoms with Crippen LogP contribution in [0.4, 0.5) is 20.2 Å². The van der Waals surface area contributed by atoms with Gasteiger partial charge < -0.3 is 24.4 Å². The van der Waals surface area contributed by atoms with Crippen LogP contribution in [0.15, 0.2) is 42.5 Å². The molecule has 1 N–H and O–H groups in total. The highest BCUT2D eigenvalue weighted by Crippen LogP contribution is 2.42. The molecular weight excluding hydrogens is 362 g/mol. The van der Waals surface area contributed by atoms with Crippen LogP contribution in [0.3, 0.4) is 0 Å². The van der Waals surface area contributed by atoms with Crippen molar-refractivity contribution < 1.29 is 32.6 Å². The first-order chi connectivity index (χ1) is 12.7. The zero-order valence-electron chi connectivity index (χ0n) is 14.5. The first-order valence-corrected chi connectivity index (χ1v) is 7.88. The lowest BCUT2D eigenvalue weighted by atomic mass is 10.2. The molecule has 0 bridgehead atoms. The molecule has 0 spiro atoms. The van der Waals surface area contributed by atoms with Gasteiger partial charge in [-0.15, -0.1) is 8.78 Å². The van der Waals surface area contributed by atoms with Crippen molar-refractivity contribution in [2.45, 2.75) is 6.29 Å². The number of amides is 1. The summed E-state index contributed by atoms with van der Waals surface area (Å²) in [6.45, 7) is -0.529. The molecule has 1 heterocycles. The number of esters is 1. The first-order valence-electron chi connectivity index (χ1n) is 7.88. The van der Waals surface area contributed by atoms with Crippen molar-refractivity contribution in [2.24, 2.45) is 0 Å². The maximum absolute atomic E-state index is 13.0. The number of hydrogen-bond acceptors (Lipinski definition) is 6. The maximum Gasteiger partial charge on any atom is 0.586 e. The van der Waals surface area contributed by atoms with Gasteiger partial charge in [-0.25, -0.2) is 4.79 Å². The Kier molecular flexibility index (Phi) is 4.85. The topological polar surface area (TPSA) is 77.1 Å². The standard InChI is InChI=1S/C18H16F2N2O5/c1-22(2)13-6-3-11(4-7-13)17(24)25-10-16(23)21-12-5-8-14-15(9-12)27-18(19,20)26-14/h3-9H,10H2,1-2H3,(H,21,23). The summed E-state index contributed by atoms with van der Waals surface area (Å²) >= 11 is 0. The predicted octanol–water partition coefficient (Wildman–Crippen LogP) is 2.87. The molecule has 0 atom stereocenters. The van der Waals surface area contributed by atoms with Crippen LogP contribution in [0.2, 0.25) is 0 Å². The van der Waals surface area contributed by atoms with Gasteiger partial charge in [0.2, 0.25) is 0 Å². The van der Waals surface area contributed by atoms with Gasteiger partial charge in [0.1, 0.15) is 0 Å². The second-order valence-electron chi connectivity index (χ2n) is 5.89. The number of benzene rings is 2. The lowest BCUT2D eigenvalue weighted by molar-refractivity contribution is -0.286. The monoisotopic (exact) mass is 378 g/mol. The molecule has 27 heavy (non-hydrogen) atoms. The van der Waals surface area contributed by atoms with E-state index < -0.39 is 24.8 Å². The van der Waals surface area contributed by atoms with Crippen molar-refractivity contribution in [1.82, 2.24) is 0 Å². The Morgan fingerprint density at radius 1 is 1.07 bits per heavy atom. The predicted molar refractivity (Wildman–Crippen MR) is 92.3 cm³/mol. The van der Waals surface area contributed by atoms with Gasteiger partial charge in [-0.05, 0) is 36.4 Å². The van der Waals surface area contributed by atoms with E-state index in [1.54, 1.807) is 24.3 Å². The van der Waals surface area contributed by atoms with Crippen LogP contribution in [0.25, 0.3) is 0 Å². The number of fused-ring (bicyclic) bond motifs is 1. The number of nitrogens with zero attached hydrogens (tertiary/aromatic N) is 1. The Balaban J connectivity index is 1.53. The van der Waals surface area contributed by atoms with E-state index in [9.17, 15) is 18.4 Å². The minimum atomic E-state index is -3.73. The van der Waals surface area contributed by atoms with Gasteiger partial charge in [0.05, 0.1) is 5.56 Å². The summed E-state index contributed by atoms with van der Waals surface area (Å²) in [6.07, 6.45) is -3.73. The third-order valence-electron chi connectivity index (χ3n) is 3.64. The maximum atomic E-state index is 13.0. The number of carbonyl (C=O) groups is 2. The summed E-state index contributed by atoms with van der Waals surface area (Å²) in [4.78, 5) is 25.8. The largest absolute Gasteiger partial charge is 0.586 e. The van der Waals surface area contributed by atoms with Crippen LogP contribution in [0, 0.1) is 0 Å². The van der Waals surface area contributed by atoms with E-state index >= 15 is 0 Å². The van der Waals surface area contributed by atoms with E-state index in [0.717, 1.165) is 5.69 Å². The molecule has 1 amide bonds. The van der Waals surface area contributed by atoms with E-state index in [4.69, 9.17) is 4.74 Å². The molecule has 2 aromatic carbocycles. The van der Waals surface area contributed by atoms with E-state index in [2.05, 4.69) is 14.8 Å². The Hall–Kier alpha value is -3.36. The van der Waals surface area contributed by atoms with Gasteiger partial charge in [-0.1, -0.05) is 0 Å². The number of hydrogen-bond donors (Lipinski definition) is 1. The van der Waals surface area contributed by atoms with Crippen molar-refractivity contribution >= 4 is 23.3 Å². The molecule has 0 aliphatic carbocycles. The number of halogens is 2. The molecule has 0 fully saturated rings. The molecule has 1 aliphatic rings. The van der Waals surface area contributed by atoms with Crippen molar-refractivity contribution in [3.8, 4) is 11.5 Å². The smallest absolute Gasteiger partial charge is 0.452 e. The lowest BCUT2D eigenvalue weighted by Gasteiger charge is -2.12. The highest BCUT2D eigenvalue weighted by atomic mass is 19.3. The summed E-state index contributed by atoms with van der Waals surface area (Å²) in [6, 6.07) is 10.5. The fraction of sp³-hybridized carbons (Fsp3) is 0.222. The third-order valence-corrected chi connectivity index (χ3v) is 3.64. The van der Waals surface area contributed by atoms with Crippen molar-refractivity contribution in [3.05, 3.63) is 48.0 Å². The van der Waals surface area contributed by atoms with Crippen LogP contribution >= 0.6 is 0 Å². The second-order valence-corrected chi connectivity index (χ2v) is 5.89. The van der Waals surface area contributed by atoms with Crippen LogP contribution in [0.1, 0.15) is 10.4 Å². The number of carbonyl (C=O) groups excluding carboxylic acids is 2. The van der Waals surface area contributed by atoms with Crippen LogP contribution in [0.5, 0.6) is 11.5 Å². The molecule has 3 rings (SSSR count). The Morgan fingerprint density at radius 3 is 2.41 bits per heavy atom. The fourth-order valence-electron chi connectivity index (χ4n) is 2.33. The van der Waals surface area contributed by atoms with E-state index in [1.807, 2.05) is 19.0 Å². The van der Waals surface area contributed by atoms with Gasteiger partial charge in [0.25, 0.3) is 5.91 Å². The van der Waals surface area contributed by atoms with E-state index in [-0.39, 0.29) is 17.2 Å². The third kappa shape index (κ3) is 4.43. The van der Waals surface area contributed by atoms with Crippen LogP contribution < -0.4 is 19.7 Å². The van der Waals surface area contributed by atoms with E-state index in [0.29, 0.717) is 5.56 Å². The van der Waals surface area contributed by atoms with Crippen molar-refractivity contribution in [2.75, 3.05) is 30.9 Å². The summed E-state index contributed by atoms with van der Waals surface area (Å²) in [7, 11) is 3.74. The number of anilines is 2. The summed E-state index contributed by atoms with van der Waals surface area (Å²) in [5.41, 5.74) is 1.42. The summed E-state index contributed by atoms with van der Waals surface area (Å²) in [5, 5.41) is 2.43. The summed E-state index contributed by atoms with van der Waals surface area (Å²) in [5.74, 6) is -1.61. The Bertz CT molecular complexity index is 869. The number of rotatable bonds is 5. The average Bonchev–Trinajstić information content (AvgIpc) is 2.92. The van der Waals surface area contributed by atoms with Gasteiger partial charge in [0.15, 0.2) is 18.1 Å². The lowest BCUT2D eigenvalue weighted by Crippen LogP contribution is -2.25. The van der Waals surface area contributed by atoms with E-state index in [1.165, 1.54) is 18.2 Å². The molecule has 0 unspecified atom stereocenters. The van der Waals surface area contributed by atoms with Crippen molar-refractivity contribution in [3.63, 3.8) is 0 Å². The molecule has 0 aromatic heterocycles. The molecular formula is C18H16F2N2O5. The number of ether oxygens (including phenoxy) is 3.